The predicted octanol–water partition coefficient (Wildman–Crippen LogP) is 3.51. The summed E-state index contributed by atoms with van der Waals surface area (Å²) in [6, 6.07) is 0. The minimum atomic E-state index is -0.677. The smallest absolute Gasteiger partial charge is 0.348 e. The molecule has 0 radical (unpaired) electrons. The molecule has 0 saturated carbocycles. The Labute approximate surface area is 227 Å². The number of anilines is 1. The molecule has 5 rings (SSSR count). The largest absolute Gasteiger partial charge is 0.465 e. The number of aromatic nitrogens is 2. The molecule has 4 heterocycles. The number of nitrogens with one attached hydrogen (secondary N) is 1. The molecule has 10 nitrogen and oxygen atoms in total. The van der Waals surface area contributed by atoms with Crippen molar-refractivity contribution in [3.05, 3.63) is 42.6 Å². The zero-order valence-electron chi connectivity index (χ0n) is 21.7. The van der Waals surface area contributed by atoms with E-state index in [4.69, 9.17) is 14.5 Å². The lowest BCUT2D eigenvalue weighted by Gasteiger charge is -2.18. The fraction of sp³-hybridized carbons (Fsp3) is 0.500. The van der Waals surface area contributed by atoms with E-state index in [-0.39, 0.29) is 27.5 Å². The number of fused-ring (bicyclic) bond motifs is 3. The molecule has 1 fully saturated rings. The minimum absolute atomic E-state index is 0.0939. The van der Waals surface area contributed by atoms with Crippen molar-refractivity contribution in [1.82, 2.24) is 14.5 Å². The maximum absolute atomic E-state index is 13.9. The van der Waals surface area contributed by atoms with Crippen LogP contribution in [-0.2, 0) is 40.2 Å². The highest BCUT2D eigenvalue weighted by Crippen LogP contribution is 2.35. The molecule has 0 bridgehead atoms. The lowest BCUT2D eigenvalue weighted by molar-refractivity contribution is -0.116. The van der Waals surface area contributed by atoms with Crippen LogP contribution >= 0.6 is 22.7 Å². The van der Waals surface area contributed by atoms with Crippen molar-refractivity contribution in [3.63, 3.8) is 0 Å². The monoisotopic (exact) mass is 558 g/mol. The molecule has 1 amide bonds. The van der Waals surface area contributed by atoms with Gasteiger partial charge in [-0.05, 0) is 69.7 Å². The first-order valence-electron chi connectivity index (χ1n) is 12.7. The summed E-state index contributed by atoms with van der Waals surface area (Å²) in [6.45, 7) is 3.67. The van der Waals surface area contributed by atoms with Crippen molar-refractivity contribution in [2.75, 3.05) is 32.6 Å². The van der Waals surface area contributed by atoms with Gasteiger partial charge in [0.05, 0.1) is 31.7 Å². The number of esters is 2. The maximum Gasteiger partial charge on any atom is 0.348 e. The molecule has 0 unspecified atom stereocenters. The normalized spacial score (nSPS) is 15.4. The van der Waals surface area contributed by atoms with Gasteiger partial charge in [0, 0.05) is 4.88 Å². The van der Waals surface area contributed by atoms with Crippen LogP contribution in [-0.4, -0.2) is 59.6 Å². The Balaban J connectivity index is 1.52. The number of hydrogen-bond acceptors (Lipinski definition) is 10. The molecule has 202 valence electrons. The zero-order chi connectivity index (χ0) is 27.0. The SMILES string of the molecule is COC(=O)c1sc(NC(=O)Cn2c(CN3CCCC3)nc3sc4c(c3c2=O)CCCC4)c(C(=O)OC)c1C. The Bertz CT molecular complexity index is 1480. The van der Waals surface area contributed by atoms with E-state index in [0.29, 0.717) is 23.3 Å². The van der Waals surface area contributed by atoms with E-state index in [1.54, 1.807) is 18.3 Å². The van der Waals surface area contributed by atoms with Gasteiger partial charge in [0.25, 0.3) is 5.56 Å². The molecular weight excluding hydrogens is 528 g/mol. The number of carbonyl (C=O) groups excluding carboxylic acids is 3. The second kappa shape index (κ2) is 11.0. The van der Waals surface area contributed by atoms with E-state index in [2.05, 4.69) is 10.2 Å². The van der Waals surface area contributed by atoms with Gasteiger partial charge in [0.15, 0.2) is 0 Å². The molecule has 1 aliphatic heterocycles. The number of likely N-dealkylation sites (tertiary alicyclic amines) is 1. The minimum Gasteiger partial charge on any atom is -0.465 e. The highest BCUT2D eigenvalue weighted by atomic mass is 32.1. The number of carbonyl (C=O) groups is 3. The number of nitrogens with zero attached hydrogens (tertiary/aromatic N) is 3. The fourth-order valence-electron chi connectivity index (χ4n) is 5.25. The van der Waals surface area contributed by atoms with Crippen LogP contribution in [0.2, 0.25) is 0 Å². The van der Waals surface area contributed by atoms with Crippen LogP contribution in [0.25, 0.3) is 10.2 Å². The van der Waals surface area contributed by atoms with Crippen molar-refractivity contribution in [1.29, 1.82) is 0 Å². The van der Waals surface area contributed by atoms with E-state index in [1.807, 2.05) is 0 Å². The Morgan fingerprint density at radius 1 is 1.00 bits per heavy atom. The molecule has 1 aliphatic carbocycles. The van der Waals surface area contributed by atoms with Crippen LogP contribution in [0, 0.1) is 6.92 Å². The van der Waals surface area contributed by atoms with E-state index < -0.39 is 17.8 Å². The molecule has 3 aromatic rings. The number of thiophene rings is 2. The van der Waals surface area contributed by atoms with Crippen LogP contribution in [0.15, 0.2) is 4.79 Å². The number of methoxy groups -OCH3 is 2. The summed E-state index contributed by atoms with van der Waals surface area (Å²) >= 11 is 2.54. The number of hydrogen-bond donors (Lipinski definition) is 1. The Kier molecular flexibility index (Phi) is 7.64. The summed E-state index contributed by atoms with van der Waals surface area (Å²) in [5.74, 6) is -1.23. The van der Waals surface area contributed by atoms with E-state index in [9.17, 15) is 19.2 Å². The summed E-state index contributed by atoms with van der Waals surface area (Å²) in [6.07, 6.45) is 6.12. The van der Waals surface area contributed by atoms with Crippen molar-refractivity contribution in [3.8, 4) is 0 Å². The molecule has 12 heteroatoms. The van der Waals surface area contributed by atoms with Crippen molar-refractivity contribution in [2.45, 2.75) is 58.5 Å². The molecule has 1 saturated heterocycles. The Hall–Kier alpha value is -3.09. The van der Waals surface area contributed by atoms with Gasteiger partial charge in [-0.25, -0.2) is 14.6 Å². The van der Waals surface area contributed by atoms with Gasteiger partial charge in [-0.15, -0.1) is 22.7 Å². The standard InChI is InChI=1S/C26H30N4O6S2/c1-14-19(25(33)35-2)22(38-21(14)26(34)36-3)28-18(31)13-30-17(12-29-10-6-7-11-29)27-23-20(24(30)32)15-8-4-5-9-16(15)37-23/h4-13H2,1-3H3,(H,28,31). The predicted molar refractivity (Wildman–Crippen MR) is 145 cm³/mol. The zero-order valence-corrected chi connectivity index (χ0v) is 23.3. The third-order valence-corrected chi connectivity index (χ3v) is 9.55. The molecule has 1 N–H and O–H groups in total. The van der Waals surface area contributed by atoms with Crippen LogP contribution in [0.4, 0.5) is 5.00 Å². The van der Waals surface area contributed by atoms with Crippen LogP contribution in [0.1, 0.15) is 67.5 Å². The first-order valence-corrected chi connectivity index (χ1v) is 14.3. The van der Waals surface area contributed by atoms with Crippen molar-refractivity contribution >= 4 is 55.7 Å². The number of amides is 1. The van der Waals surface area contributed by atoms with E-state index >= 15 is 0 Å². The van der Waals surface area contributed by atoms with Gasteiger partial charge in [-0.2, -0.15) is 0 Å². The molecular formula is C26H30N4O6S2. The van der Waals surface area contributed by atoms with E-state index in [1.165, 1.54) is 23.7 Å². The van der Waals surface area contributed by atoms with Crippen LogP contribution in [0.5, 0.6) is 0 Å². The summed E-state index contributed by atoms with van der Waals surface area (Å²) in [5, 5.41) is 3.54. The van der Waals surface area contributed by atoms with Gasteiger partial charge in [-0.1, -0.05) is 0 Å². The van der Waals surface area contributed by atoms with Crippen LogP contribution < -0.4 is 10.9 Å². The molecule has 3 aromatic heterocycles. The summed E-state index contributed by atoms with van der Waals surface area (Å²) < 4.78 is 11.2. The van der Waals surface area contributed by atoms with Crippen molar-refractivity contribution < 1.29 is 23.9 Å². The topological polar surface area (TPSA) is 120 Å². The second-order valence-electron chi connectivity index (χ2n) is 9.59. The average molecular weight is 559 g/mol. The Morgan fingerprint density at radius 3 is 2.42 bits per heavy atom. The summed E-state index contributed by atoms with van der Waals surface area (Å²) in [7, 11) is 2.48. The lowest BCUT2D eigenvalue weighted by atomic mass is 9.97. The number of rotatable bonds is 7. The molecule has 38 heavy (non-hydrogen) atoms. The van der Waals surface area contributed by atoms with E-state index in [0.717, 1.165) is 73.3 Å². The Morgan fingerprint density at radius 2 is 1.71 bits per heavy atom. The number of aryl methyl sites for hydroxylation is 2. The highest BCUT2D eigenvalue weighted by Gasteiger charge is 2.28. The molecule has 0 atom stereocenters. The third-order valence-electron chi connectivity index (χ3n) is 7.18. The van der Waals surface area contributed by atoms with Crippen LogP contribution in [0.3, 0.4) is 0 Å². The van der Waals surface area contributed by atoms with Crippen molar-refractivity contribution in [2.24, 2.45) is 0 Å². The summed E-state index contributed by atoms with van der Waals surface area (Å²) in [5.41, 5.74) is 1.32. The third kappa shape index (κ3) is 4.87. The summed E-state index contributed by atoms with van der Waals surface area (Å²) in [4.78, 5) is 61.2. The van der Waals surface area contributed by atoms with Gasteiger partial charge in [-0.3, -0.25) is 19.1 Å². The van der Waals surface area contributed by atoms with Gasteiger partial charge in [0.2, 0.25) is 5.91 Å². The molecule has 0 aromatic carbocycles. The first-order chi connectivity index (χ1) is 18.3. The lowest BCUT2D eigenvalue weighted by Crippen LogP contribution is -2.34. The fourth-order valence-corrected chi connectivity index (χ4v) is 7.65. The van der Waals surface area contributed by atoms with Gasteiger partial charge in [0.1, 0.15) is 27.1 Å². The average Bonchev–Trinajstić information content (AvgIpc) is 3.63. The second-order valence-corrected chi connectivity index (χ2v) is 11.7. The maximum atomic E-state index is 13.9. The first kappa shape index (κ1) is 26.5. The molecule has 2 aliphatic rings. The molecule has 0 spiro atoms. The quantitative estimate of drug-likeness (QED) is 0.438. The highest BCUT2D eigenvalue weighted by molar-refractivity contribution is 7.19. The van der Waals surface area contributed by atoms with Gasteiger partial charge >= 0.3 is 11.9 Å². The number of ether oxygens (including phenoxy) is 2. The van der Waals surface area contributed by atoms with Gasteiger partial charge < -0.3 is 14.8 Å².